The van der Waals surface area contributed by atoms with Crippen molar-refractivity contribution in [3.05, 3.63) is 59.7 Å². The molecule has 3 heteroatoms. The molecule has 0 amide bonds. The van der Waals surface area contributed by atoms with Gasteiger partial charge in [-0.15, -0.1) is 0 Å². The Labute approximate surface area is 119 Å². The van der Waals surface area contributed by atoms with E-state index >= 15 is 0 Å². The van der Waals surface area contributed by atoms with Crippen LogP contribution in [0.1, 0.15) is 23.5 Å². The van der Waals surface area contributed by atoms with Crippen molar-refractivity contribution in [2.45, 2.75) is 18.8 Å². The van der Waals surface area contributed by atoms with Crippen LogP contribution < -0.4 is 15.2 Å². The highest BCUT2D eigenvalue weighted by atomic mass is 16.7. The van der Waals surface area contributed by atoms with Crippen molar-refractivity contribution in [1.29, 1.82) is 0 Å². The first-order chi connectivity index (χ1) is 9.86. The second-order valence-corrected chi connectivity index (χ2v) is 5.08. The number of benzene rings is 2. The Balaban J connectivity index is 1.83. The SMILES string of the molecule is NCC[C@H](Cc1ccccc1)c1ccc2c(c1)OCO2. The fraction of sp³-hybridized carbons (Fsp3) is 0.294. The molecule has 0 spiro atoms. The molecule has 0 radical (unpaired) electrons. The fourth-order valence-corrected chi connectivity index (χ4v) is 2.65. The average molecular weight is 269 g/mol. The van der Waals surface area contributed by atoms with Crippen molar-refractivity contribution >= 4 is 0 Å². The first-order valence-corrected chi connectivity index (χ1v) is 7.00. The van der Waals surface area contributed by atoms with E-state index in [2.05, 4.69) is 36.4 Å². The van der Waals surface area contributed by atoms with Crippen LogP contribution >= 0.6 is 0 Å². The predicted octanol–water partition coefficient (Wildman–Crippen LogP) is 3.09. The van der Waals surface area contributed by atoms with Gasteiger partial charge in [-0.1, -0.05) is 36.4 Å². The standard InChI is InChI=1S/C17H19NO2/c18-9-8-15(10-13-4-2-1-3-5-13)14-6-7-16-17(11-14)20-12-19-16/h1-7,11,15H,8-10,12,18H2/t15-/m1/s1. The average Bonchev–Trinajstić information content (AvgIpc) is 2.95. The summed E-state index contributed by atoms with van der Waals surface area (Å²) in [5.41, 5.74) is 8.38. The predicted molar refractivity (Wildman–Crippen MR) is 79.1 cm³/mol. The van der Waals surface area contributed by atoms with E-state index < -0.39 is 0 Å². The molecular weight excluding hydrogens is 250 g/mol. The number of rotatable bonds is 5. The number of fused-ring (bicyclic) bond motifs is 1. The normalized spacial score (nSPS) is 14.2. The molecule has 2 N–H and O–H groups in total. The van der Waals surface area contributed by atoms with Crippen LogP contribution in [0.15, 0.2) is 48.5 Å². The van der Waals surface area contributed by atoms with Gasteiger partial charge in [0, 0.05) is 0 Å². The molecule has 3 rings (SSSR count). The maximum atomic E-state index is 5.78. The summed E-state index contributed by atoms with van der Waals surface area (Å²) in [7, 11) is 0. The highest BCUT2D eigenvalue weighted by Gasteiger charge is 2.18. The van der Waals surface area contributed by atoms with E-state index in [1.54, 1.807) is 0 Å². The summed E-state index contributed by atoms with van der Waals surface area (Å²) >= 11 is 0. The van der Waals surface area contributed by atoms with Gasteiger partial charge in [0.2, 0.25) is 6.79 Å². The van der Waals surface area contributed by atoms with Crippen LogP contribution in [0.5, 0.6) is 11.5 Å². The van der Waals surface area contributed by atoms with Crippen LogP contribution in [0.4, 0.5) is 0 Å². The van der Waals surface area contributed by atoms with E-state index in [4.69, 9.17) is 15.2 Å². The zero-order valence-electron chi connectivity index (χ0n) is 11.4. The Kier molecular flexibility index (Phi) is 3.88. The largest absolute Gasteiger partial charge is 0.454 e. The molecule has 0 aromatic heterocycles. The Bertz CT molecular complexity index is 568. The molecule has 104 valence electrons. The summed E-state index contributed by atoms with van der Waals surface area (Å²) in [4.78, 5) is 0. The minimum Gasteiger partial charge on any atom is -0.454 e. The van der Waals surface area contributed by atoms with Gasteiger partial charge in [0.15, 0.2) is 11.5 Å². The van der Waals surface area contributed by atoms with E-state index in [0.717, 1.165) is 24.3 Å². The first kappa shape index (κ1) is 13.0. The Morgan fingerprint density at radius 2 is 1.80 bits per heavy atom. The first-order valence-electron chi connectivity index (χ1n) is 7.00. The second kappa shape index (κ2) is 5.97. The van der Waals surface area contributed by atoms with Gasteiger partial charge in [-0.3, -0.25) is 0 Å². The molecule has 0 bridgehead atoms. The molecule has 0 saturated heterocycles. The van der Waals surface area contributed by atoms with Crippen molar-refractivity contribution in [2.24, 2.45) is 5.73 Å². The van der Waals surface area contributed by atoms with Gasteiger partial charge < -0.3 is 15.2 Å². The lowest BCUT2D eigenvalue weighted by atomic mass is 9.89. The van der Waals surface area contributed by atoms with Crippen LogP contribution in [0.2, 0.25) is 0 Å². The van der Waals surface area contributed by atoms with E-state index in [1.165, 1.54) is 11.1 Å². The Morgan fingerprint density at radius 1 is 1.00 bits per heavy atom. The summed E-state index contributed by atoms with van der Waals surface area (Å²) in [6, 6.07) is 16.7. The van der Waals surface area contributed by atoms with Gasteiger partial charge in [0.1, 0.15) is 0 Å². The lowest BCUT2D eigenvalue weighted by molar-refractivity contribution is 0.174. The van der Waals surface area contributed by atoms with Gasteiger partial charge >= 0.3 is 0 Å². The van der Waals surface area contributed by atoms with Crippen LogP contribution in [-0.4, -0.2) is 13.3 Å². The fourth-order valence-electron chi connectivity index (χ4n) is 2.65. The third-order valence-electron chi connectivity index (χ3n) is 3.71. The molecule has 1 aliphatic heterocycles. The van der Waals surface area contributed by atoms with E-state index in [-0.39, 0.29) is 0 Å². The minimum absolute atomic E-state index is 0.318. The van der Waals surface area contributed by atoms with Crippen molar-refractivity contribution in [2.75, 3.05) is 13.3 Å². The molecule has 2 aromatic carbocycles. The smallest absolute Gasteiger partial charge is 0.231 e. The van der Waals surface area contributed by atoms with Gasteiger partial charge in [-0.05, 0) is 48.6 Å². The molecule has 1 atom stereocenters. The van der Waals surface area contributed by atoms with Crippen molar-refractivity contribution in [1.82, 2.24) is 0 Å². The van der Waals surface area contributed by atoms with Crippen LogP contribution in [-0.2, 0) is 6.42 Å². The van der Waals surface area contributed by atoms with Crippen molar-refractivity contribution in [3.63, 3.8) is 0 Å². The van der Waals surface area contributed by atoms with Crippen LogP contribution in [0, 0.1) is 0 Å². The summed E-state index contributed by atoms with van der Waals surface area (Å²) in [5.74, 6) is 2.09. The summed E-state index contributed by atoms with van der Waals surface area (Å²) in [5, 5.41) is 0. The maximum Gasteiger partial charge on any atom is 0.231 e. The molecule has 0 fully saturated rings. The van der Waals surface area contributed by atoms with Crippen molar-refractivity contribution in [3.8, 4) is 11.5 Å². The van der Waals surface area contributed by atoms with Gasteiger partial charge in [-0.2, -0.15) is 0 Å². The summed E-state index contributed by atoms with van der Waals surface area (Å²) in [6.07, 6.45) is 1.96. The Hall–Kier alpha value is -2.00. The topological polar surface area (TPSA) is 44.5 Å². The minimum atomic E-state index is 0.318. The van der Waals surface area contributed by atoms with Crippen LogP contribution in [0.3, 0.4) is 0 Å². The van der Waals surface area contributed by atoms with Crippen LogP contribution in [0.25, 0.3) is 0 Å². The van der Waals surface area contributed by atoms with Gasteiger partial charge in [0.25, 0.3) is 0 Å². The number of ether oxygens (including phenoxy) is 2. The maximum absolute atomic E-state index is 5.78. The highest BCUT2D eigenvalue weighted by Crippen LogP contribution is 2.36. The zero-order valence-corrected chi connectivity index (χ0v) is 11.4. The monoisotopic (exact) mass is 269 g/mol. The Morgan fingerprint density at radius 3 is 2.60 bits per heavy atom. The molecule has 20 heavy (non-hydrogen) atoms. The molecular formula is C17H19NO2. The quantitative estimate of drug-likeness (QED) is 0.907. The van der Waals surface area contributed by atoms with E-state index in [9.17, 15) is 0 Å². The molecule has 0 saturated carbocycles. The zero-order chi connectivity index (χ0) is 13.8. The lowest BCUT2D eigenvalue weighted by Gasteiger charge is -2.17. The van der Waals surface area contributed by atoms with E-state index in [1.807, 2.05) is 12.1 Å². The highest BCUT2D eigenvalue weighted by molar-refractivity contribution is 5.45. The third kappa shape index (κ3) is 2.78. The molecule has 2 aromatic rings. The number of hydrogen-bond acceptors (Lipinski definition) is 3. The molecule has 0 unspecified atom stereocenters. The van der Waals surface area contributed by atoms with Crippen molar-refractivity contribution < 1.29 is 9.47 Å². The van der Waals surface area contributed by atoms with Gasteiger partial charge in [0.05, 0.1) is 0 Å². The number of nitrogens with two attached hydrogens (primary N) is 1. The summed E-state index contributed by atoms with van der Waals surface area (Å²) < 4.78 is 10.8. The molecule has 3 nitrogen and oxygen atoms in total. The third-order valence-corrected chi connectivity index (χ3v) is 3.71. The molecule has 1 aliphatic rings. The second-order valence-electron chi connectivity index (χ2n) is 5.08. The molecule has 1 heterocycles. The molecule has 0 aliphatic carbocycles. The lowest BCUT2D eigenvalue weighted by Crippen LogP contribution is -2.10. The number of hydrogen-bond donors (Lipinski definition) is 1. The summed E-state index contributed by atoms with van der Waals surface area (Å²) in [6.45, 7) is 1.00. The van der Waals surface area contributed by atoms with Gasteiger partial charge in [-0.25, -0.2) is 0 Å². The van der Waals surface area contributed by atoms with E-state index in [0.29, 0.717) is 19.3 Å².